The van der Waals surface area contributed by atoms with Crippen LogP contribution in [0.15, 0.2) is 36.5 Å². The van der Waals surface area contributed by atoms with Crippen LogP contribution in [0.2, 0.25) is 0 Å². The number of hydrogen-bond donors (Lipinski definition) is 0. The van der Waals surface area contributed by atoms with Crippen LogP contribution in [-0.2, 0) is 28.6 Å². The van der Waals surface area contributed by atoms with Crippen LogP contribution in [0, 0.1) is 0 Å². The van der Waals surface area contributed by atoms with Gasteiger partial charge >= 0.3 is 17.9 Å². The lowest BCUT2D eigenvalue weighted by Crippen LogP contribution is -2.30. The van der Waals surface area contributed by atoms with Crippen LogP contribution in [0.1, 0.15) is 290 Å². The predicted molar refractivity (Wildman–Crippen MR) is 270 cm³/mol. The Kier molecular flexibility index (Phi) is 50.3. The van der Waals surface area contributed by atoms with Crippen molar-refractivity contribution in [2.45, 2.75) is 297 Å². The number of hydrogen-bond acceptors (Lipinski definition) is 6. The average Bonchev–Trinajstić information content (AvgIpc) is 3.28. The highest BCUT2D eigenvalue weighted by Gasteiger charge is 2.19. The molecule has 0 spiro atoms. The second-order valence-electron chi connectivity index (χ2n) is 18.5. The van der Waals surface area contributed by atoms with Gasteiger partial charge in [0, 0.05) is 19.3 Å². The lowest BCUT2D eigenvalue weighted by Gasteiger charge is -2.18. The van der Waals surface area contributed by atoms with E-state index in [-0.39, 0.29) is 31.1 Å². The Labute approximate surface area is 391 Å². The zero-order chi connectivity index (χ0) is 45.8. The second kappa shape index (κ2) is 52.3. The normalized spacial score (nSPS) is 12.2. The van der Waals surface area contributed by atoms with E-state index in [1.54, 1.807) is 0 Å². The number of unbranched alkanes of at least 4 members (excludes halogenated alkanes) is 33. The van der Waals surface area contributed by atoms with Crippen molar-refractivity contribution in [3.63, 3.8) is 0 Å². The zero-order valence-corrected chi connectivity index (χ0v) is 42.1. The third-order valence-corrected chi connectivity index (χ3v) is 12.1. The molecular formula is C57H104O6. The molecule has 0 aliphatic rings. The SMILES string of the molecule is CCC/C=C\CCCCCCCC(=O)OCC(COC(=O)CCCCCCCCCCCCC/C=C\CCCCCCCCCC)OC(=O)CCCCCCC/C=C\CCCCC. The number of carbonyl (C=O) groups excluding carboxylic acids is 3. The third-order valence-electron chi connectivity index (χ3n) is 12.1. The first kappa shape index (κ1) is 60.6. The average molecular weight is 885 g/mol. The number of carbonyl (C=O) groups is 3. The largest absolute Gasteiger partial charge is 0.462 e. The van der Waals surface area contributed by atoms with E-state index in [9.17, 15) is 14.4 Å². The molecule has 0 N–H and O–H groups in total. The molecule has 0 aromatic heterocycles. The van der Waals surface area contributed by atoms with Crippen LogP contribution in [0.3, 0.4) is 0 Å². The Bertz CT molecular complexity index is 1060. The van der Waals surface area contributed by atoms with E-state index in [0.717, 1.165) is 83.5 Å². The van der Waals surface area contributed by atoms with Crippen molar-refractivity contribution in [1.29, 1.82) is 0 Å². The molecule has 0 saturated heterocycles. The molecule has 0 radical (unpaired) electrons. The summed E-state index contributed by atoms with van der Waals surface area (Å²) in [6.45, 7) is 6.56. The second-order valence-corrected chi connectivity index (χ2v) is 18.5. The van der Waals surface area contributed by atoms with Gasteiger partial charge in [-0.25, -0.2) is 0 Å². The fraction of sp³-hybridized carbons (Fsp3) is 0.842. The monoisotopic (exact) mass is 885 g/mol. The molecule has 0 amide bonds. The van der Waals surface area contributed by atoms with Gasteiger partial charge in [0.15, 0.2) is 6.10 Å². The molecule has 0 aliphatic carbocycles. The first-order chi connectivity index (χ1) is 31.0. The van der Waals surface area contributed by atoms with E-state index in [0.29, 0.717) is 19.3 Å². The summed E-state index contributed by atoms with van der Waals surface area (Å²) in [6.07, 6.45) is 61.5. The summed E-state index contributed by atoms with van der Waals surface area (Å²) < 4.78 is 16.8. The minimum Gasteiger partial charge on any atom is -0.462 e. The maximum atomic E-state index is 12.8. The Balaban J connectivity index is 4.20. The summed E-state index contributed by atoms with van der Waals surface area (Å²) >= 11 is 0. The van der Waals surface area contributed by atoms with Gasteiger partial charge in [0.25, 0.3) is 0 Å². The van der Waals surface area contributed by atoms with Gasteiger partial charge in [0.1, 0.15) is 13.2 Å². The molecule has 368 valence electrons. The first-order valence-corrected chi connectivity index (χ1v) is 27.5. The van der Waals surface area contributed by atoms with Crippen molar-refractivity contribution in [2.75, 3.05) is 13.2 Å². The van der Waals surface area contributed by atoms with Gasteiger partial charge in [-0.1, -0.05) is 218 Å². The van der Waals surface area contributed by atoms with E-state index < -0.39 is 6.10 Å². The van der Waals surface area contributed by atoms with Crippen molar-refractivity contribution < 1.29 is 28.6 Å². The zero-order valence-electron chi connectivity index (χ0n) is 42.1. The molecule has 0 aromatic rings. The maximum Gasteiger partial charge on any atom is 0.306 e. The van der Waals surface area contributed by atoms with Crippen molar-refractivity contribution in [3.8, 4) is 0 Å². The lowest BCUT2D eigenvalue weighted by atomic mass is 10.0. The number of ether oxygens (including phenoxy) is 3. The van der Waals surface area contributed by atoms with Gasteiger partial charge in [0.05, 0.1) is 0 Å². The van der Waals surface area contributed by atoms with Gasteiger partial charge in [-0.3, -0.25) is 14.4 Å². The summed E-state index contributed by atoms with van der Waals surface area (Å²) in [5.41, 5.74) is 0. The van der Waals surface area contributed by atoms with Gasteiger partial charge in [-0.05, 0) is 89.9 Å². The topological polar surface area (TPSA) is 78.9 Å². The summed E-state index contributed by atoms with van der Waals surface area (Å²) in [7, 11) is 0. The van der Waals surface area contributed by atoms with E-state index in [2.05, 4.69) is 57.2 Å². The molecule has 1 atom stereocenters. The molecule has 0 fully saturated rings. The fourth-order valence-corrected chi connectivity index (χ4v) is 7.91. The van der Waals surface area contributed by atoms with Crippen molar-refractivity contribution in [3.05, 3.63) is 36.5 Å². The molecular weight excluding hydrogens is 781 g/mol. The van der Waals surface area contributed by atoms with E-state index >= 15 is 0 Å². The molecule has 0 heterocycles. The van der Waals surface area contributed by atoms with E-state index in [4.69, 9.17) is 14.2 Å². The Hall–Kier alpha value is -2.37. The molecule has 1 unspecified atom stereocenters. The minimum absolute atomic E-state index is 0.0768. The highest BCUT2D eigenvalue weighted by atomic mass is 16.6. The van der Waals surface area contributed by atoms with Gasteiger partial charge < -0.3 is 14.2 Å². The summed E-state index contributed by atoms with van der Waals surface area (Å²) in [5.74, 6) is -0.889. The Morgan fingerprint density at radius 1 is 0.302 bits per heavy atom. The molecule has 0 aromatic carbocycles. The fourth-order valence-electron chi connectivity index (χ4n) is 7.91. The highest BCUT2D eigenvalue weighted by Crippen LogP contribution is 2.16. The van der Waals surface area contributed by atoms with Crippen LogP contribution >= 0.6 is 0 Å². The van der Waals surface area contributed by atoms with Crippen molar-refractivity contribution >= 4 is 17.9 Å². The van der Waals surface area contributed by atoms with Crippen molar-refractivity contribution in [2.24, 2.45) is 0 Å². The Morgan fingerprint density at radius 3 is 0.889 bits per heavy atom. The lowest BCUT2D eigenvalue weighted by molar-refractivity contribution is -0.167. The van der Waals surface area contributed by atoms with Crippen LogP contribution < -0.4 is 0 Å². The molecule has 0 rings (SSSR count). The molecule has 6 heteroatoms. The van der Waals surface area contributed by atoms with Crippen LogP contribution in [-0.4, -0.2) is 37.2 Å². The number of allylic oxidation sites excluding steroid dienone is 6. The molecule has 6 nitrogen and oxygen atoms in total. The van der Waals surface area contributed by atoms with Crippen LogP contribution in [0.5, 0.6) is 0 Å². The van der Waals surface area contributed by atoms with Crippen molar-refractivity contribution in [1.82, 2.24) is 0 Å². The first-order valence-electron chi connectivity index (χ1n) is 27.5. The van der Waals surface area contributed by atoms with Gasteiger partial charge in [-0.15, -0.1) is 0 Å². The van der Waals surface area contributed by atoms with Crippen LogP contribution in [0.4, 0.5) is 0 Å². The summed E-state index contributed by atoms with van der Waals surface area (Å²) in [6, 6.07) is 0. The smallest absolute Gasteiger partial charge is 0.306 e. The molecule has 0 bridgehead atoms. The summed E-state index contributed by atoms with van der Waals surface area (Å²) in [4.78, 5) is 37.9. The number of rotatable bonds is 50. The Morgan fingerprint density at radius 2 is 0.556 bits per heavy atom. The molecule has 63 heavy (non-hydrogen) atoms. The van der Waals surface area contributed by atoms with E-state index in [1.807, 2.05) is 0 Å². The predicted octanol–water partition coefficient (Wildman–Crippen LogP) is 18.1. The minimum atomic E-state index is -0.776. The van der Waals surface area contributed by atoms with E-state index in [1.165, 1.54) is 167 Å². The van der Waals surface area contributed by atoms with Gasteiger partial charge in [-0.2, -0.15) is 0 Å². The third kappa shape index (κ3) is 50.5. The molecule has 0 saturated carbocycles. The molecule has 0 aliphatic heterocycles. The van der Waals surface area contributed by atoms with Crippen LogP contribution in [0.25, 0.3) is 0 Å². The maximum absolute atomic E-state index is 12.8. The van der Waals surface area contributed by atoms with Gasteiger partial charge in [0.2, 0.25) is 0 Å². The number of esters is 3. The quantitative estimate of drug-likeness (QED) is 0.0262. The highest BCUT2D eigenvalue weighted by molar-refractivity contribution is 5.71. The summed E-state index contributed by atoms with van der Waals surface area (Å²) in [5, 5.41) is 0. The standard InChI is InChI=1S/C57H104O6/c1-4-7-10-13-16-19-22-24-25-26-27-28-29-30-31-32-33-34-36-38-41-44-47-50-56(59)62-53-54(52-61-55(58)49-46-43-40-37-21-18-15-12-9-6-3)63-57(60)51-48-45-42-39-35-23-20-17-14-11-8-5-2/h12,15,17,20,26-27,54H,4-11,13-14,16,18-19,21-25,28-53H2,1-3H3/b15-12-,20-17-,27-26-.